The Balaban J connectivity index is 1.85. The van der Waals surface area contributed by atoms with Gasteiger partial charge < -0.3 is 4.90 Å². The highest BCUT2D eigenvalue weighted by molar-refractivity contribution is 7.99. The molecule has 0 spiro atoms. The molecule has 22 heavy (non-hydrogen) atoms. The Morgan fingerprint density at radius 3 is 2.64 bits per heavy atom. The molecule has 1 fully saturated rings. The monoisotopic (exact) mass is 320 g/mol. The number of nitrogens with zero attached hydrogens (tertiary/aromatic N) is 2. The molecule has 0 aromatic carbocycles. The molecule has 0 bridgehead atoms. The minimum absolute atomic E-state index is 0.282. The van der Waals surface area contributed by atoms with Crippen LogP contribution in [-0.4, -0.2) is 33.6 Å². The van der Waals surface area contributed by atoms with Gasteiger partial charge in [-0.05, 0) is 51.2 Å². The van der Waals surface area contributed by atoms with Gasteiger partial charge in [0.2, 0.25) is 5.91 Å². The first kappa shape index (κ1) is 17.3. The lowest BCUT2D eigenvalue weighted by Gasteiger charge is -2.39. The smallest absolute Gasteiger partial charge is 0.233 e. The molecule has 2 heterocycles. The molecule has 2 atom stereocenters. The standard InChI is InChI=1S/C18H28N2OS/c1-13(2)17-10-6-9-16(19-17)11-22-12-18(21)20-14(3)7-5-8-15(20)4/h6,9-10,13-15H,5,7-8,11-12H2,1-4H3/t14-,15-/m0/s1. The van der Waals surface area contributed by atoms with Crippen molar-refractivity contribution in [3.63, 3.8) is 0 Å². The molecule has 3 nitrogen and oxygen atoms in total. The van der Waals surface area contributed by atoms with Crippen LogP contribution in [0.15, 0.2) is 18.2 Å². The Bertz CT molecular complexity index is 494. The number of likely N-dealkylation sites (tertiary alicyclic amines) is 1. The zero-order valence-corrected chi connectivity index (χ0v) is 15.0. The van der Waals surface area contributed by atoms with E-state index in [-0.39, 0.29) is 5.91 Å². The van der Waals surface area contributed by atoms with E-state index >= 15 is 0 Å². The number of hydrogen-bond donors (Lipinski definition) is 0. The van der Waals surface area contributed by atoms with Crippen molar-refractivity contribution in [2.75, 3.05) is 5.75 Å². The second kappa shape index (κ2) is 8.00. The molecule has 1 aromatic heterocycles. The van der Waals surface area contributed by atoms with Crippen molar-refractivity contribution in [2.24, 2.45) is 0 Å². The molecule has 0 aliphatic carbocycles. The predicted octanol–water partition coefficient (Wildman–Crippen LogP) is 4.23. The summed E-state index contributed by atoms with van der Waals surface area (Å²) in [5.41, 5.74) is 2.20. The van der Waals surface area contributed by atoms with Gasteiger partial charge in [-0.15, -0.1) is 11.8 Å². The van der Waals surface area contributed by atoms with E-state index in [0.717, 1.165) is 30.0 Å². The van der Waals surface area contributed by atoms with E-state index in [4.69, 9.17) is 0 Å². The van der Waals surface area contributed by atoms with Gasteiger partial charge in [0.1, 0.15) is 0 Å². The van der Waals surface area contributed by atoms with E-state index < -0.39 is 0 Å². The summed E-state index contributed by atoms with van der Waals surface area (Å²) >= 11 is 1.68. The van der Waals surface area contributed by atoms with Gasteiger partial charge in [-0.25, -0.2) is 0 Å². The molecule has 122 valence electrons. The molecule has 0 radical (unpaired) electrons. The van der Waals surface area contributed by atoms with Crippen molar-refractivity contribution in [1.29, 1.82) is 0 Å². The maximum absolute atomic E-state index is 12.5. The molecule has 2 rings (SSSR count). The van der Waals surface area contributed by atoms with Crippen LogP contribution < -0.4 is 0 Å². The van der Waals surface area contributed by atoms with Gasteiger partial charge >= 0.3 is 0 Å². The van der Waals surface area contributed by atoms with Crippen LogP contribution in [0.25, 0.3) is 0 Å². The number of amides is 1. The Hall–Kier alpha value is -1.03. The van der Waals surface area contributed by atoms with Crippen LogP contribution in [0.4, 0.5) is 0 Å². The van der Waals surface area contributed by atoms with Crippen molar-refractivity contribution in [3.8, 4) is 0 Å². The summed E-state index contributed by atoms with van der Waals surface area (Å²) in [6.45, 7) is 8.65. The number of hydrogen-bond acceptors (Lipinski definition) is 3. The third kappa shape index (κ3) is 4.48. The molecule has 0 unspecified atom stereocenters. The van der Waals surface area contributed by atoms with Crippen molar-refractivity contribution in [3.05, 3.63) is 29.6 Å². The largest absolute Gasteiger partial charge is 0.337 e. The van der Waals surface area contributed by atoms with Gasteiger partial charge in [0, 0.05) is 23.5 Å². The van der Waals surface area contributed by atoms with Crippen LogP contribution in [-0.2, 0) is 10.5 Å². The molecule has 1 aromatic rings. The molecule has 1 aliphatic rings. The van der Waals surface area contributed by atoms with E-state index in [1.807, 2.05) is 0 Å². The Kier molecular flexibility index (Phi) is 6.30. The summed E-state index contributed by atoms with van der Waals surface area (Å²) in [6, 6.07) is 6.96. The fourth-order valence-electron chi connectivity index (χ4n) is 3.13. The molecule has 1 amide bonds. The summed E-state index contributed by atoms with van der Waals surface area (Å²) in [6.07, 6.45) is 3.52. The molecule has 1 aliphatic heterocycles. The molecule has 1 saturated heterocycles. The fourth-order valence-corrected chi connectivity index (χ4v) is 3.93. The first-order valence-corrected chi connectivity index (χ1v) is 9.49. The SMILES string of the molecule is CC(C)c1cccc(CSCC(=O)N2[C@@H](C)CCC[C@@H]2C)n1. The normalized spacial score (nSPS) is 22.1. The minimum Gasteiger partial charge on any atom is -0.337 e. The Labute approximate surface area is 138 Å². The van der Waals surface area contributed by atoms with Crippen molar-refractivity contribution < 1.29 is 4.79 Å². The van der Waals surface area contributed by atoms with E-state index in [1.54, 1.807) is 11.8 Å². The highest BCUT2D eigenvalue weighted by Crippen LogP contribution is 2.24. The van der Waals surface area contributed by atoms with Gasteiger partial charge in [-0.1, -0.05) is 19.9 Å². The quantitative estimate of drug-likeness (QED) is 0.814. The average molecular weight is 321 g/mol. The number of carbonyl (C=O) groups is 1. The van der Waals surface area contributed by atoms with Gasteiger partial charge in [-0.3, -0.25) is 9.78 Å². The summed E-state index contributed by atoms with van der Waals surface area (Å²) in [5, 5.41) is 0. The van der Waals surface area contributed by atoms with Crippen LogP contribution >= 0.6 is 11.8 Å². The van der Waals surface area contributed by atoms with Crippen molar-refractivity contribution >= 4 is 17.7 Å². The first-order chi connectivity index (χ1) is 10.5. The van der Waals surface area contributed by atoms with Crippen LogP contribution in [0.3, 0.4) is 0 Å². The fraction of sp³-hybridized carbons (Fsp3) is 0.667. The summed E-state index contributed by atoms with van der Waals surface area (Å²) in [7, 11) is 0. The average Bonchev–Trinajstić information content (AvgIpc) is 2.47. The van der Waals surface area contributed by atoms with E-state index in [2.05, 4.69) is 55.8 Å². The minimum atomic E-state index is 0.282. The van der Waals surface area contributed by atoms with Crippen LogP contribution in [0, 0.1) is 0 Å². The zero-order valence-electron chi connectivity index (χ0n) is 14.2. The van der Waals surface area contributed by atoms with E-state index in [9.17, 15) is 4.79 Å². The number of piperidine rings is 1. The predicted molar refractivity (Wildman–Crippen MR) is 94.1 cm³/mol. The van der Waals surface area contributed by atoms with Gasteiger partial charge in [0.05, 0.1) is 11.4 Å². The topological polar surface area (TPSA) is 33.2 Å². The first-order valence-electron chi connectivity index (χ1n) is 8.33. The number of pyridine rings is 1. The van der Waals surface area contributed by atoms with Gasteiger partial charge in [0.15, 0.2) is 0 Å². The molecule has 0 N–H and O–H groups in total. The third-order valence-electron chi connectivity index (χ3n) is 4.38. The highest BCUT2D eigenvalue weighted by atomic mass is 32.2. The van der Waals surface area contributed by atoms with Crippen LogP contribution in [0.5, 0.6) is 0 Å². The maximum atomic E-state index is 12.5. The maximum Gasteiger partial charge on any atom is 0.233 e. The lowest BCUT2D eigenvalue weighted by molar-refractivity contribution is -0.134. The lowest BCUT2D eigenvalue weighted by Crippen LogP contribution is -2.48. The van der Waals surface area contributed by atoms with Gasteiger partial charge in [0.25, 0.3) is 0 Å². The lowest BCUT2D eigenvalue weighted by atomic mass is 9.98. The summed E-state index contributed by atoms with van der Waals surface area (Å²) < 4.78 is 0. The molecule has 0 saturated carbocycles. The highest BCUT2D eigenvalue weighted by Gasteiger charge is 2.28. The van der Waals surface area contributed by atoms with Gasteiger partial charge in [-0.2, -0.15) is 0 Å². The molecular weight excluding hydrogens is 292 g/mol. The number of thioether (sulfide) groups is 1. The van der Waals surface area contributed by atoms with Crippen LogP contribution in [0.1, 0.15) is 64.3 Å². The Morgan fingerprint density at radius 1 is 1.32 bits per heavy atom. The number of rotatable bonds is 5. The van der Waals surface area contributed by atoms with Crippen molar-refractivity contribution in [1.82, 2.24) is 9.88 Å². The summed E-state index contributed by atoms with van der Waals surface area (Å²) in [4.78, 5) is 19.2. The molecule has 4 heteroatoms. The zero-order chi connectivity index (χ0) is 16.1. The van der Waals surface area contributed by atoms with E-state index in [0.29, 0.717) is 23.8 Å². The molecular formula is C18H28N2OS. The second-order valence-corrected chi connectivity index (χ2v) is 7.62. The van der Waals surface area contributed by atoms with Crippen molar-refractivity contribution in [2.45, 2.75) is 70.7 Å². The summed E-state index contributed by atoms with van der Waals surface area (Å²) in [5.74, 6) is 2.09. The Morgan fingerprint density at radius 2 is 2.00 bits per heavy atom. The van der Waals surface area contributed by atoms with E-state index in [1.165, 1.54) is 6.42 Å². The number of aromatic nitrogens is 1. The second-order valence-electron chi connectivity index (χ2n) is 6.63. The van der Waals surface area contributed by atoms with Crippen LogP contribution in [0.2, 0.25) is 0 Å². The number of carbonyl (C=O) groups excluding carboxylic acids is 1. The third-order valence-corrected chi connectivity index (χ3v) is 5.33.